The molecule has 1 heterocycles. The molecule has 0 saturated heterocycles. The summed E-state index contributed by atoms with van der Waals surface area (Å²) in [6.07, 6.45) is 8.19. The first-order valence-electron chi connectivity index (χ1n) is 17.2. The number of nitrogens with one attached hydrogen (secondary N) is 2. The van der Waals surface area contributed by atoms with Gasteiger partial charge in [0.2, 0.25) is 17.7 Å². The van der Waals surface area contributed by atoms with Gasteiger partial charge < -0.3 is 20.4 Å². The van der Waals surface area contributed by atoms with Gasteiger partial charge in [0.15, 0.2) is 0 Å². The Hall–Kier alpha value is -4.89. The lowest BCUT2D eigenvalue weighted by atomic mass is 10.0. The standard InChI is InChI=1S/C30H42FN5O3.C11H10/c1-6-34-30(3,4)17-8-9-27(37)36(7-2)22-28(38)35(5)26(21-24-10-12-25(31)13-11-24)29(39)33-20-16-23-14-18-32-19-15-23;1-9-6-7-10-4-2-3-5-11(10)8-9/h8-15,18-19,26,34H,6-7,16-17,20-22H2,1-5H3,(H,33,39);2-8H,1H3/b9-8+;. The van der Waals surface area contributed by atoms with Crippen molar-refractivity contribution in [3.63, 3.8) is 0 Å². The second-order valence-electron chi connectivity index (χ2n) is 13.0. The molecule has 1 unspecified atom stereocenters. The van der Waals surface area contributed by atoms with Gasteiger partial charge in [0, 0.05) is 44.5 Å². The molecular weight excluding hydrogens is 629 g/mol. The summed E-state index contributed by atoms with van der Waals surface area (Å²) in [4.78, 5) is 46.1. The number of rotatable bonds is 15. The maximum Gasteiger partial charge on any atom is 0.246 e. The first-order valence-corrected chi connectivity index (χ1v) is 17.2. The molecule has 1 atom stereocenters. The van der Waals surface area contributed by atoms with Gasteiger partial charge in [-0.2, -0.15) is 0 Å². The van der Waals surface area contributed by atoms with E-state index in [4.69, 9.17) is 0 Å². The zero-order chi connectivity index (χ0) is 36.5. The monoisotopic (exact) mass is 681 g/mol. The van der Waals surface area contributed by atoms with E-state index in [1.807, 2.05) is 32.1 Å². The van der Waals surface area contributed by atoms with Crippen LogP contribution in [0.25, 0.3) is 10.8 Å². The van der Waals surface area contributed by atoms with Gasteiger partial charge in [-0.15, -0.1) is 0 Å². The number of aryl methyl sites for hydroxylation is 1. The topological polar surface area (TPSA) is 94.6 Å². The van der Waals surface area contributed by atoms with Crippen LogP contribution < -0.4 is 10.6 Å². The SMILES string of the molecule is CCNC(C)(C)C/C=C/C(=O)N(CC)CC(=O)N(C)C(Cc1ccc(F)cc1)C(=O)NCCc1ccncc1.Cc1ccc2ccccc2c1. The molecule has 0 spiro atoms. The maximum absolute atomic E-state index is 13.5. The highest BCUT2D eigenvalue weighted by Gasteiger charge is 2.28. The summed E-state index contributed by atoms with van der Waals surface area (Å²) in [6.45, 7) is 11.5. The number of carbonyl (C=O) groups excluding carboxylic acids is 3. The molecule has 8 nitrogen and oxygen atoms in total. The first-order chi connectivity index (χ1) is 23.9. The number of aromatic nitrogens is 1. The van der Waals surface area contributed by atoms with E-state index in [2.05, 4.69) is 78.9 Å². The summed E-state index contributed by atoms with van der Waals surface area (Å²) >= 11 is 0. The Bertz CT molecular complexity index is 1690. The molecule has 9 heteroatoms. The Morgan fingerprint density at radius 1 is 0.920 bits per heavy atom. The van der Waals surface area contributed by atoms with Gasteiger partial charge in [0.05, 0.1) is 0 Å². The summed E-state index contributed by atoms with van der Waals surface area (Å²) in [5.41, 5.74) is 2.93. The van der Waals surface area contributed by atoms with Gasteiger partial charge >= 0.3 is 0 Å². The molecule has 0 bridgehead atoms. The summed E-state index contributed by atoms with van der Waals surface area (Å²) < 4.78 is 13.5. The van der Waals surface area contributed by atoms with Crippen molar-refractivity contribution in [2.75, 3.05) is 33.2 Å². The zero-order valence-electron chi connectivity index (χ0n) is 30.3. The van der Waals surface area contributed by atoms with Crippen LogP contribution in [0.2, 0.25) is 0 Å². The van der Waals surface area contributed by atoms with Gasteiger partial charge in [0.1, 0.15) is 18.4 Å². The van der Waals surface area contributed by atoms with Crippen molar-refractivity contribution in [3.8, 4) is 0 Å². The van der Waals surface area contributed by atoms with Crippen molar-refractivity contribution >= 4 is 28.5 Å². The molecule has 266 valence electrons. The van der Waals surface area contributed by atoms with Gasteiger partial charge in [-0.25, -0.2) is 4.39 Å². The van der Waals surface area contributed by atoms with Crippen molar-refractivity contribution in [2.45, 2.75) is 65.5 Å². The van der Waals surface area contributed by atoms with E-state index in [9.17, 15) is 18.8 Å². The van der Waals surface area contributed by atoms with E-state index < -0.39 is 6.04 Å². The highest BCUT2D eigenvalue weighted by molar-refractivity contribution is 5.93. The molecule has 4 aromatic rings. The van der Waals surface area contributed by atoms with E-state index >= 15 is 0 Å². The van der Waals surface area contributed by atoms with Crippen LogP contribution in [0.15, 0.2) is 103 Å². The van der Waals surface area contributed by atoms with Crippen LogP contribution in [0.1, 0.15) is 50.8 Å². The van der Waals surface area contributed by atoms with E-state index in [0.717, 1.165) is 17.7 Å². The summed E-state index contributed by atoms with van der Waals surface area (Å²) in [5, 5.41) is 8.92. The Kier molecular flexibility index (Phi) is 15.8. The molecule has 50 heavy (non-hydrogen) atoms. The number of fused-ring (bicyclic) bond motifs is 1. The predicted molar refractivity (Wildman–Crippen MR) is 200 cm³/mol. The van der Waals surface area contributed by atoms with Crippen LogP contribution in [0.3, 0.4) is 0 Å². The lowest BCUT2D eigenvalue weighted by molar-refractivity contribution is -0.142. The van der Waals surface area contributed by atoms with Gasteiger partial charge in [-0.3, -0.25) is 19.4 Å². The van der Waals surface area contributed by atoms with Crippen molar-refractivity contribution in [2.24, 2.45) is 0 Å². The molecule has 0 saturated carbocycles. The lowest BCUT2D eigenvalue weighted by Crippen LogP contribution is -2.52. The molecule has 0 aliphatic heterocycles. The lowest BCUT2D eigenvalue weighted by Gasteiger charge is -2.30. The van der Waals surface area contributed by atoms with Crippen LogP contribution in [-0.4, -0.2) is 77.3 Å². The normalized spacial score (nSPS) is 11.8. The van der Waals surface area contributed by atoms with Gasteiger partial charge in [0.25, 0.3) is 0 Å². The number of nitrogens with zero attached hydrogens (tertiary/aromatic N) is 3. The Balaban J connectivity index is 0.000000513. The van der Waals surface area contributed by atoms with Crippen molar-refractivity contribution in [1.29, 1.82) is 0 Å². The minimum Gasteiger partial charge on any atom is -0.354 e. The fraction of sp³-hybridized carbons (Fsp3) is 0.366. The molecule has 2 N–H and O–H groups in total. The third-order valence-corrected chi connectivity index (χ3v) is 8.44. The van der Waals surface area contributed by atoms with Crippen LogP contribution in [-0.2, 0) is 27.2 Å². The minimum absolute atomic E-state index is 0.142. The second kappa shape index (κ2) is 19.9. The van der Waals surface area contributed by atoms with Crippen LogP contribution in [0.4, 0.5) is 4.39 Å². The highest BCUT2D eigenvalue weighted by Crippen LogP contribution is 2.15. The third kappa shape index (κ3) is 13.2. The minimum atomic E-state index is -0.828. The van der Waals surface area contributed by atoms with Crippen LogP contribution in [0.5, 0.6) is 0 Å². The number of carbonyl (C=O) groups is 3. The number of amides is 3. The second-order valence-corrected chi connectivity index (χ2v) is 13.0. The molecular formula is C41H52FN5O3. The van der Waals surface area contributed by atoms with Crippen molar-refractivity contribution < 1.29 is 18.8 Å². The maximum atomic E-state index is 13.5. The smallest absolute Gasteiger partial charge is 0.246 e. The summed E-state index contributed by atoms with van der Waals surface area (Å²) in [7, 11) is 1.56. The summed E-state index contributed by atoms with van der Waals surface area (Å²) in [5.74, 6) is -1.31. The Morgan fingerprint density at radius 3 is 2.26 bits per heavy atom. The quantitative estimate of drug-likeness (QED) is 0.144. The number of hydrogen-bond acceptors (Lipinski definition) is 5. The van der Waals surface area contributed by atoms with Crippen LogP contribution >= 0.6 is 0 Å². The average molecular weight is 682 g/mol. The fourth-order valence-corrected chi connectivity index (χ4v) is 5.46. The van der Waals surface area contributed by atoms with Crippen molar-refractivity contribution in [1.82, 2.24) is 25.4 Å². The molecule has 4 rings (SSSR count). The molecule has 3 amide bonds. The number of pyridine rings is 1. The third-order valence-electron chi connectivity index (χ3n) is 8.44. The fourth-order valence-electron chi connectivity index (χ4n) is 5.46. The van der Waals surface area contributed by atoms with E-state index in [1.54, 1.807) is 31.6 Å². The number of halogens is 1. The Labute approximate surface area is 296 Å². The highest BCUT2D eigenvalue weighted by atomic mass is 19.1. The number of benzene rings is 3. The van der Waals surface area contributed by atoms with E-state index in [0.29, 0.717) is 25.9 Å². The van der Waals surface area contributed by atoms with Crippen molar-refractivity contribution in [3.05, 3.63) is 126 Å². The van der Waals surface area contributed by atoms with E-state index in [1.165, 1.54) is 44.3 Å². The van der Waals surface area contributed by atoms with Gasteiger partial charge in [-0.05, 0) is 99.3 Å². The summed E-state index contributed by atoms with van der Waals surface area (Å²) in [6, 6.07) is 23.7. The zero-order valence-corrected chi connectivity index (χ0v) is 30.3. The molecule has 1 aromatic heterocycles. The van der Waals surface area contributed by atoms with E-state index in [-0.39, 0.29) is 42.0 Å². The number of hydrogen-bond donors (Lipinski definition) is 2. The predicted octanol–water partition coefficient (Wildman–Crippen LogP) is 6.28. The molecule has 0 aliphatic carbocycles. The average Bonchev–Trinajstić information content (AvgIpc) is 3.10. The molecule has 0 fully saturated rings. The van der Waals surface area contributed by atoms with Gasteiger partial charge in [-0.1, -0.05) is 73.2 Å². The number of likely N-dealkylation sites (N-methyl/N-ethyl adjacent to an activating group) is 2. The largest absolute Gasteiger partial charge is 0.354 e. The molecule has 0 radical (unpaired) electrons. The van der Waals surface area contributed by atoms with Crippen LogP contribution in [0, 0.1) is 12.7 Å². The Morgan fingerprint density at radius 2 is 1.60 bits per heavy atom. The molecule has 3 aromatic carbocycles. The first kappa shape index (κ1) is 39.5. The molecule has 0 aliphatic rings.